The van der Waals surface area contributed by atoms with Crippen LogP contribution in [0.4, 0.5) is 0 Å². The first-order valence-electron chi connectivity index (χ1n) is 6.39. The van der Waals surface area contributed by atoms with Gasteiger partial charge in [-0.05, 0) is 24.6 Å². The summed E-state index contributed by atoms with van der Waals surface area (Å²) in [6, 6.07) is 2.30. The molecule has 1 aromatic rings. The van der Waals surface area contributed by atoms with Crippen LogP contribution in [0.1, 0.15) is 19.4 Å². The lowest BCUT2D eigenvalue weighted by Gasteiger charge is -2.27. The molecule has 120 valence electrons. The van der Waals surface area contributed by atoms with Crippen molar-refractivity contribution < 1.29 is 18.3 Å². The van der Waals surface area contributed by atoms with E-state index in [2.05, 4.69) is 0 Å². The van der Waals surface area contributed by atoms with Gasteiger partial charge in [0.2, 0.25) is 10.0 Å². The molecule has 0 saturated carbocycles. The largest absolute Gasteiger partial charge is 0.392 e. The number of nitrogens with zero attached hydrogens (tertiary/aromatic N) is 1. The highest BCUT2D eigenvalue weighted by Gasteiger charge is 2.30. The highest BCUT2D eigenvalue weighted by atomic mass is 35.5. The van der Waals surface area contributed by atoms with Crippen LogP contribution >= 0.6 is 23.2 Å². The number of methoxy groups -OCH3 is 1. The molecule has 0 radical (unpaired) electrons. The predicted octanol–water partition coefficient (Wildman–Crippen LogP) is 2.53. The summed E-state index contributed by atoms with van der Waals surface area (Å²) in [6.07, 6.45) is 0. The van der Waals surface area contributed by atoms with Gasteiger partial charge in [-0.2, -0.15) is 4.31 Å². The molecule has 0 bridgehead atoms. The molecule has 8 heteroatoms. The van der Waals surface area contributed by atoms with Crippen molar-refractivity contribution in [2.24, 2.45) is 0 Å². The summed E-state index contributed by atoms with van der Waals surface area (Å²) in [5.74, 6) is 0. The highest BCUT2D eigenvalue weighted by Crippen LogP contribution is 2.31. The van der Waals surface area contributed by atoms with Crippen molar-refractivity contribution in [3.05, 3.63) is 27.7 Å². The second kappa shape index (κ2) is 7.76. The minimum Gasteiger partial charge on any atom is -0.392 e. The lowest BCUT2D eigenvalue weighted by molar-refractivity contribution is 0.142. The number of aliphatic hydroxyl groups is 1. The van der Waals surface area contributed by atoms with Crippen molar-refractivity contribution in [3.8, 4) is 0 Å². The Kier molecular flexibility index (Phi) is 6.90. The van der Waals surface area contributed by atoms with Crippen molar-refractivity contribution >= 4 is 33.2 Å². The molecule has 0 aliphatic heterocycles. The van der Waals surface area contributed by atoms with Gasteiger partial charge in [0.1, 0.15) is 4.90 Å². The van der Waals surface area contributed by atoms with Gasteiger partial charge in [0.25, 0.3) is 0 Å². The van der Waals surface area contributed by atoms with E-state index in [1.54, 1.807) is 13.8 Å². The lowest BCUT2D eigenvalue weighted by Crippen LogP contribution is -2.41. The summed E-state index contributed by atoms with van der Waals surface area (Å²) in [6.45, 7) is 3.67. The Balaban J connectivity index is 3.35. The van der Waals surface area contributed by atoms with Crippen molar-refractivity contribution in [3.63, 3.8) is 0 Å². The van der Waals surface area contributed by atoms with E-state index in [9.17, 15) is 13.5 Å². The first-order valence-corrected chi connectivity index (χ1v) is 8.58. The molecule has 1 unspecified atom stereocenters. The quantitative estimate of drug-likeness (QED) is 0.815. The van der Waals surface area contributed by atoms with Gasteiger partial charge in [-0.25, -0.2) is 8.42 Å². The summed E-state index contributed by atoms with van der Waals surface area (Å²) >= 11 is 11.9. The van der Waals surface area contributed by atoms with Gasteiger partial charge < -0.3 is 9.84 Å². The number of aliphatic hydroxyl groups excluding tert-OH is 1. The SMILES string of the molecule is CCN(C(C)COC)S(=O)(=O)c1cc(CO)c(Cl)cc1Cl. The van der Waals surface area contributed by atoms with E-state index in [-0.39, 0.29) is 40.7 Å². The molecule has 0 aliphatic carbocycles. The van der Waals surface area contributed by atoms with Gasteiger partial charge in [-0.3, -0.25) is 0 Å². The minimum atomic E-state index is -3.80. The van der Waals surface area contributed by atoms with Crippen LogP contribution in [0.2, 0.25) is 10.0 Å². The lowest BCUT2D eigenvalue weighted by atomic mass is 10.2. The molecular formula is C13H19Cl2NO4S. The number of hydrogen-bond acceptors (Lipinski definition) is 4. The van der Waals surface area contributed by atoms with Crippen molar-refractivity contribution in [1.82, 2.24) is 4.31 Å². The molecule has 0 fully saturated rings. The molecule has 0 heterocycles. The highest BCUT2D eigenvalue weighted by molar-refractivity contribution is 7.89. The third kappa shape index (κ3) is 4.09. The third-order valence-electron chi connectivity index (χ3n) is 3.07. The van der Waals surface area contributed by atoms with Crippen LogP contribution in [-0.2, 0) is 21.4 Å². The van der Waals surface area contributed by atoms with E-state index in [4.69, 9.17) is 27.9 Å². The Hall–Kier alpha value is -0.370. The molecule has 1 atom stereocenters. The third-order valence-corrected chi connectivity index (χ3v) is 5.97. The molecule has 5 nitrogen and oxygen atoms in total. The summed E-state index contributed by atoms with van der Waals surface area (Å²) in [7, 11) is -2.29. The number of rotatable bonds is 7. The maximum atomic E-state index is 12.7. The smallest absolute Gasteiger partial charge is 0.244 e. The Labute approximate surface area is 135 Å². The molecule has 21 heavy (non-hydrogen) atoms. The number of ether oxygens (including phenoxy) is 1. The van der Waals surface area contributed by atoms with E-state index >= 15 is 0 Å². The van der Waals surface area contributed by atoms with Crippen LogP contribution < -0.4 is 0 Å². The predicted molar refractivity (Wildman–Crippen MR) is 83.3 cm³/mol. The zero-order valence-corrected chi connectivity index (χ0v) is 14.5. The van der Waals surface area contributed by atoms with Crippen LogP contribution in [0, 0.1) is 0 Å². The van der Waals surface area contributed by atoms with E-state index in [0.29, 0.717) is 5.56 Å². The summed E-state index contributed by atoms with van der Waals surface area (Å²) < 4.78 is 31.8. The number of halogens is 2. The van der Waals surface area contributed by atoms with Crippen molar-refractivity contribution in [1.29, 1.82) is 0 Å². The Morgan fingerprint density at radius 1 is 1.33 bits per heavy atom. The molecule has 0 spiro atoms. The fourth-order valence-electron chi connectivity index (χ4n) is 2.06. The molecule has 0 aromatic heterocycles. The standard InChI is InChI=1S/C13H19Cl2NO4S/c1-4-16(9(2)8-20-3)21(18,19)13-5-10(7-17)11(14)6-12(13)15/h5-6,9,17H,4,7-8H2,1-3H3. The zero-order valence-electron chi connectivity index (χ0n) is 12.1. The van der Waals surface area contributed by atoms with Crippen molar-refractivity contribution in [2.45, 2.75) is 31.4 Å². The van der Waals surface area contributed by atoms with Crippen LogP contribution in [0.15, 0.2) is 17.0 Å². The molecule has 1 N–H and O–H groups in total. The number of likely N-dealkylation sites (N-methyl/N-ethyl adjacent to an activating group) is 1. The maximum absolute atomic E-state index is 12.7. The average molecular weight is 356 g/mol. The molecule has 0 saturated heterocycles. The average Bonchev–Trinajstić information content (AvgIpc) is 2.39. The number of sulfonamides is 1. The maximum Gasteiger partial charge on any atom is 0.244 e. The molecule has 1 rings (SSSR count). The molecule has 0 amide bonds. The second-order valence-electron chi connectivity index (χ2n) is 4.54. The summed E-state index contributed by atoms with van der Waals surface area (Å²) in [5.41, 5.74) is 0.315. The minimum absolute atomic E-state index is 0.0280. The topological polar surface area (TPSA) is 66.8 Å². The first-order chi connectivity index (χ1) is 9.79. The van der Waals surface area contributed by atoms with Crippen LogP contribution in [-0.4, -0.2) is 44.1 Å². The Morgan fingerprint density at radius 3 is 2.43 bits per heavy atom. The molecule has 1 aromatic carbocycles. The van der Waals surface area contributed by atoms with E-state index < -0.39 is 10.0 Å². The van der Waals surface area contributed by atoms with E-state index in [0.717, 1.165) is 0 Å². The fourth-order valence-corrected chi connectivity index (χ4v) is 4.52. The summed E-state index contributed by atoms with van der Waals surface area (Å²) in [5, 5.41) is 9.49. The Bertz CT molecular complexity index is 592. The van der Waals surface area contributed by atoms with Crippen molar-refractivity contribution in [2.75, 3.05) is 20.3 Å². The van der Waals surface area contributed by atoms with Gasteiger partial charge in [-0.1, -0.05) is 30.1 Å². The fraction of sp³-hybridized carbons (Fsp3) is 0.538. The van der Waals surface area contributed by atoms with Crippen LogP contribution in [0.5, 0.6) is 0 Å². The molecular weight excluding hydrogens is 337 g/mol. The normalized spacial score (nSPS) is 13.7. The first kappa shape index (κ1) is 18.7. The Morgan fingerprint density at radius 2 is 1.95 bits per heavy atom. The van der Waals surface area contributed by atoms with E-state index in [1.807, 2.05) is 0 Å². The summed E-state index contributed by atoms with van der Waals surface area (Å²) in [4.78, 5) is -0.0672. The van der Waals surface area contributed by atoms with Gasteiger partial charge in [0.05, 0.1) is 18.2 Å². The van der Waals surface area contributed by atoms with Gasteiger partial charge in [0, 0.05) is 24.7 Å². The van der Waals surface area contributed by atoms with Crippen LogP contribution in [0.3, 0.4) is 0 Å². The monoisotopic (exact) mass is 355 g/mol. The van der Waals surface area contributed by atoms with Gasteiger partial charge in [0.15, 0.2) is 0 Å². The van der Waals surface area contributed by atoms with Gasteiger partial charge >= 0.3 is 0 Å². The van der Waals surface area contributed by atoms with E-state index in [1.165, 1.54) is 23.5 Å². The van der Waals surface area contributed by atoms with Crippen LogP contribution in [0.25, 0.3) is 0 Å². The number of hydrogen-bond donors (Lipinski definition) is 1. The number of benzene rings is 1. The zero-order chi connectivity index (χ0) is 16.2. The van der Waals surface area contributed by atoms with Gasteiger partial charge in [-0.15, -0.1) is 0 Å². The molecule has 0 aliphatic rings. The second-order valence-corrected chi connectivity index (χ2v) is 7.22.